The molecule has 0 fully saturated rings. The van der Waals surface area contributed by atoms with Crippen molar-refractivity contribution < 1.29 is 19.1 Å². The summed E-state index contributed by atoms with van der Waals surface area (Å²) >= 11 is 1.46. The molecule has 0 bridgehead atoms. The van der Waals surface area contributed by atoms with Crippen LogP contribution in [0.5, 0.6) is 5.75 Å². The Kier molecular flexibility index (Phi) is 6.95. The predicted molar refractivity (Wildman–Crippen MR) is 118 cm³/mol. The molecule has 0 spiro atoms. The molecular formula is C21H24N6O4S. The number of ether oxygens (including phenoxy) is 1. The number of aromatic nitrogens is 3. The number of nitrogens with one attached hydrogen (secondary N) is 2. The van der Waals surface area contributed by atoms with Gasteiger partial charge in [-0.3, -0.25) is 18.8 Å². The van der Waals surface area contributed by atoms with E-state index in [2.05, 4.69) is 20.6 Å². The molecule has 10 nitrogen and oxygen atoms in total. The Labute approximate surface area is 188 Å². The molecule has 32 heavy (non-hydrogen) atoms. The molecule has 0 saturated carbocycles. The minimum Gasteiger partial charge on any atom is -0.489 e. The van der Waals surface area contributed by atoms with Crippen LogP contribution in [0.15, 0.2) is 36.1 Å². The largest absolute Gasteiger partial charge is 0.489 e. The zero-order chi connectivity index (χ0) is 22.3. The van der Waals surface area contributed by atoms with Gasteiger partial charge < -0.3 is 20.3 Å². The van der Waals surface area contributed by atoms with Crippen molar-refractivity contribution >= 4 is 34.0 Å². The standard InChI is InChI=1S/C21H24N6O4S/c28-17-5-2-9-26(20(30)15-14-27-11-13-32-21(27)25-15)10-3-7-24-19(29)18-16(4-1-6-23-18)31-12-8-22-17/h1,4,6,11,13-14H,2-3,5,7-10,12H2,(H,22,28)(H,24,29). The zero-order valence-electron chi connectivity index (χ0n) is 17.5. The Morgan fingerprint density at radius 1 is 1.16 bits per heavy atom. The Hall–Kier alpha value is -3.47. The monoisotopic (exact) mass is 456 g/mol. The molecule has 1 aliphatic heterocycles. The highest BCUT2D eigenvalue weighted by molar-refractivity contribution is 7.15. The molecular weight excluding hydrogens is 432 g/mol. The van der Waals surface area contributed by atoms with Crippen molar-refractivity contribution in [3.05, 3.63) is 47.5 Å². The lowest BCUT2D eigenvalue weighted by Crippen LogP contribution is -2.36. The van der Waals surface area contributed by atoms with Gasteiger partial charge in [-0.25, -0.2) is 9.97 Å². The molecule has 0 saturated heterocycles. The van der Waals surface area contributed by atoms with Crippen molar-refractivity contribution in [3.8, 4) is 5.75 Å². The van der Waals surface area contributed by atoms with Crippen molar-refractivity contribution in [2.24, 2.45) is 0 Å². The molecule has 168 valence electrons. The fourth-order valence-electron chi connectivity index (χ4n) is 3.41. The molecule has 3 aromatic rings. The number of hydrogen-bond donors (Lipinski definition) is 2. The van der Waals surface area contributed by atoms with Crippen molar-refractivity contribution in [3.63, 3.8) is 0 Å². The Morgan fingerprint density at radius 3 is 2.91 bits per heavy atom. The minimum atomic E-state index is -0.344. The van der Waals surface area contributed by atoms with Crippen molar-refractivity contribution in [2.45, 2.75) is 19.3 Å². The van der Waals surface area contributed by atoms with Crippen LogP contribution < -0.4 is 15.4 Å². The maximum Gasteiger partial charge on any atom is 0.274 e. The van der Waals surface area contributed by atoms with E-state index in [1.54, 1.807) is 23.2 Å². The summed E-state index contributed by atoms with van der Waals surface area (Å²) in [5, 5.41) is 7.54. The summed E-state index contributed by atoms with van der Waals surface area (Å²) in [4.78, 5) is 48.7. The second-order valence-corrected chi connectivity index (χ2v) is 8.15. The Bertz CT molecular complexity index is 1080. The molecule has 1 aliphatic rings. The molecule has 4 heterocycles. The smallest absolute Gasteiger partial charge is 0.274 e. The molecule has 2 N–H and O–H groups in total. The predicted octanol–water partition coefficient (Wildman–Crippen LogP) is 1.34. The number of hydrogen-bond acceptors (Lipinski definition) is 7. The summed E-state index contributed by atoms with van der Waals surface area (Å²) in [5.41, 5.74) is 0.562. The van der Waals surface area contributed by atoms with E-state index < -0.39 is 0 Å². The van der Waals surface area contributed by atoms with E-state index in [-0.39, 0.29) is 30.0 Å². The van der Waals surface area contributed by atoms with Crippen LogP contribution in [-0.4, -0.2) is 69.8 Å². The van der Waals surface area contributed by atoms with E-state index in [1.807, 2.05) is 16.0 Å². The Morgan fingerprint density at radius 2 is 2.03 bits per heavy atom. The zero-order valence-corrected chi connectivity index (χ0v) is 18.3. The number of imidazole rings is 1. The number of carbonyl (C=O) groups is 3. The van der Waals surface area contributed by atoms with E-state index in [1.165, 1.54) is 17.5 Å². The van der Waals surface area contributed by atoms with Crippen LogP contribution >= 0.6 is 11.3 Å². The van der Waals surface area contributed by atoms with Crippen LogP contribution in [-0.2, 0) is 4.79 Å². The van der Waals surface area contributed by atoms with Gasteiger partial charge in [0.2, 0.25) is 5.91 Å². The second-order valence-electron chi connectivity index (χ2n) is 7.27. The van der Waals surface area contributed by atoms with Crippen LogP contribution in [0.4, 0.5) is 0 Å². The fraction of sp³-hybridized carbons (Fsp3) is 0.381. The molecule has 3 amide bonds. The number of fused-ring (bicyclic) bond motifs is 2. The molecule has 0 aromatic carbocycles. The first-order valence-corrected chi connectivity index (χ1v) is 11.3. The first-order chi connectivity index (χ1) is 15.6. The van der Waals surface area contributed by atoms with Crippen LogP contribution in [0.25, 0.3) is 4.96 Å². The molecule has 0 aliphatic carbocycles. The van der Waals surface area contributed by atoms with E-state index >= 15 is 0 Å². The van der Waals surface area contributed by atoms with E-state index in [4.69, 9.17) is 4.74 Å². The molecule has 4 rings (SSSR count). The van der Waals surface area contributed by atoms with Gasteiger partial charge in [-0.1, -0.05) is 0 Å². The van der Waals surface area contributed by atoms with E-state index in [9.17, 15) is 14.4 Å². The molecule has 0 atom stereocenters. The van der Waals surface area contributed by atoms with Gasteiger partial charge in [0.05, 0.1) is 6.54 Å². The van der Waals surface area contributed by atoms with Crippen molar-refractivity contribution in [2.75, 3.05) is 32.8 Å². The van der Waals surface area contributed by atoms with Crippen LogP contribution in [0.3, 0.4) is 0 Å². The molecule has 0 radical (unpaired) electrons. The SMILES string of the molecule is O=C1CCCN(C(=O)c2cn3ccsc3n2)CCCNC(=O)c2ncccc2OCCN1. The highest BCUT2D eigenvalue weighted by Gasteiger charge is 2.20. The maximum atomic E-state index is 13.1. The normalized spacial score (nSPS) is 16.7. The summed E-state index contributed by atoms with van der Waals surface area (Å²) in [7, 11) is 0. The van der Waals surface area contributed by atoms with Gasteiger partial charge >= 0.3 is 0 Å². The number of pyridine rings is 1. The highest BCUT2D eigenvalue weighted by atomic mass is 32.1. The number of thiazole rings is 1. The van der Waals surface area contributed by atoms with Crippen LogP contribution in [0, 0.1) is 0 Å². The third-order valence-electron chi connectivity index (χ3n) is 4.99. The first kappa shape index (κ1) is 21.8. The Balaban J connectivity index is 1.46. The molecule has 3 aromatic heterocycles. The lowest BCUT2D eigenvalue weighted by molar-refractivity contribution is -0.121. The maximum absolute atomic E-state index is 13.1. The van der Waals surface area contributed by atoms with Gasteiger partial charge in [0.25, 0.3) is 11.8 Å². The second kappa shape index (κ2) is 10.2. The summed E-state index contributed by atoms with van der Waals surface area (Å²) in [5.74, 6) is -0.277. The highest BCUT2D eigenvalue weighted by Crippen LogP contribution is 2.16. The summed E-state index contributed by atoms with van der Waals surface area (Å²) in [6.45, 7) is 1.75. The van der Waals surface area contributed by atoms with Crippen molar-refractivity contribution in [1.82, 2.24) is 29.9 Å². The minimum absolute atomic E-state index is 0.111. The van der Waals surface area contributed by atoms with Crippen LogP contribution in [0.1, 0.15) is 40.2 Å². The quantitative estimate of drug-likeness (QED) is 0.571. The molecule has 11 heteroatoms. The number of carbonyl (C=O) groups excluding carboxylic acids is 3. The van der Waals surface area contributed by atoms with Gasteiger partial charge in [0, 0.05) is 50.0 Å². The van der Waals surface area contributed by atoms with Gasteiger partial charge in [0.1, 0.15) is 12.3 Å². The topological polar surface area (TPSA) is 118 Å². The van der Waals surface area contributed by atoms with Crippen molar-refractivity contribution in [1.29, 1.82) is 0 Å². The number of rotatable bonds is 1. The fourth-order valence-corrected chi connectivity index (χ4v) is 4.11. The average molecular weight is 457 g/mol. The third kappa shape index (κ3) is 5.22. The number of nitrogens with zero attached hydrogens (tertiary/aromatic N) is 4. The summed E-state index contributed by atoms with van der Waals surface area (Å²) in [6.07, 6.45) is 6.47. The van der Waals surface area contributed by atoms with E-state index in [0.717, 1.165) is 4.96 Å². The van der Waals surface area contributed by atoms with Gasteiger partial charge in [-0.05, 0) is 25.0 Å². The third-order valence-corrected chi connectivity index (χ3v) is 5.76. The van der Waals surface area contributed by atoms with E-state index in [0.29, 0.717) is 56.9 Å². The van der Waals surface area contributed by atoms with Gasteiger partial charge in [0.15, 0.2) is 16.4 Å². The molecule has 0 unspecified atom stereocenters. The number of amides is 3. The summed E-state index contributed by atoms with van der Waals surface area (Å²) in [6, 6.07) is 3.36. The van der Waals surface area contributed by atoms with Gasteiger partial charge in [-0.2, -0.15) is 0 Å². The average Bonchev–Trinajstić information content (AvgIpc) is 3.40. The first-order valence-electron chi connectivity index (χ1n) is 10.5. The van der Waals surface area contributed by atoms with Gasteiger partial charge in [-0.15, -0.1) is 11.3 Å². The summed E-state index contributed by atoms with van der Waals surface area (Å²) < 4.78 is 7.44. The lowest BCUT2D eigenvalue weighted by atomic mass is 10.2. The van der Waals surface area contributed by atoms with Crippen LogP contribution in [0.2, 0.25) is 0 Å². The lowest BCUT2D eigenvalue weighted by Gasteiger charge is -2.22.